The summed E-state index contributed by atoms with van der Waals surface area (Å²) in [6.45, 7) is 4.49. The van der Waals surface area contributed by atoms with Crippen molar-refractivity contribution in [3.05, 3.63) is 77.4 Å². The van der Waals surface area contributed by atoms with Crippen molar-refractivity contribution in [1.82, 2.24) is 15.1 Å². The van der Waals surface area contributed by atoms with Crippen LogP contribution < -0.4 is 5.32 Å². The molecule has 1 saturated heterocycles. The van der Waals surface area contributed by atoms with Crippen molar-refractivity contribution >= 4 is 12.0 Å². The summed E-state index contributed by atoms with van der Waals surface area (Å²) in [5, 5.41) is 3.00. The molecule has 0 aliphatic carbocycles. The van der Waals surface area contributed by atoms with Crippen molar-refractivity contribution in [3.8, 4) is 0 Å². The molecule has 160 valence electrons. The average Bonchev–Trinajstić information content (AvgIpc) is 2.73. The molecular weight excluding hydrogens is 391 g/mol. The van der Waals surface area contributed by atoms with Gasteiger partial charge in [-0.2, -0.15) is 13.2 Å². The minimum atomic E-state index is -4.41. The number of piperazine rings is 1. The molecule has 30 heavy (non-hydrogen) atoms. The van der Waals surface area contributed by atoms with E-state index in [9.17, 15) is 18.0 Å². The van der Waals surface area contributed by atoms with Crippen LogP contribution >= 0.6 is 0 Å². The minimum Gasteiger partial charge on any atom is -0.344 e. The van der Waals surface area contributed by atoms with Crippen molar-refractivity contribution in [3.63, 3.8) is 0 Å². The van der Waals surface area contributed by atoms with E-state index in [-0.39, 0.29) is 11.9 Å². The molecule has 0 spiro atoms. The van der Waals surface area contributed by atoms with E-state index in [1.165, 1.54) is 24.3 Å². The van der Waals surface area contributed by atoms with E-state index in [1.54, 1.807) is 0 Å². The highest BCUT2D eigenvalue weighted by molar-refractivity contribution is 5.92. The van der Waals surface area contributed by atoms with Gasteiger partial charge in [-0.1, -0.05) is 42.5 Å². The Hall–Kier alpha value is -2.64. The van der Waals surface area contributed by atoms with Crippen molar-refractivity contribution in [1.29, 1.82) is 0 Å². The fourth-order valence-electron chi connectivity index (χ4n) is 3.42. The van der Waals surface area contributed by atoms with Crippen molar-refractivity contribution in [2.24, 2.45) is 0 Å². The van der Waals surface area contributed by atoms with Crippen LogP contribution in [0.4, 0.5) is 13.2 Å². The van der Waals surface area contributed by atoms with Crippen LogP contribution in [0.1, 0.15) is 22.7 Å². The summed E-state index contributed by atoms with van der Waals surface area (Å²) < 4.78 is 38.6. The van der Waals surface area contributed by atoms with Crippen LogP contribution in [0.2, 0.25) is 0 Å². The molecule has 0 bridgehead atoms. The number of rotatable bonds is 6. The third-order valence-corrected chi connectivity index (χ3v) is 5.20. The van der Waals surface area contributed by atoms with E-state index in [0.717, 1.165) is 43.9 Å². The molecule has 0 radical (unpaired) electrons. The quantitative estimate of drug-likeness (QED) is 0.726. The largest absolute Gasteiger partial charge is 0.416 e. The lowest BCUT2D eigenvalue weighted by atomic mass is 10.1. The smallest absolute Gasteiger partial charge is 0.344 e. The van der Waals surface area contributed by atoms with E-state index in [0.29, 0.717) is 12.1 Å². The third kappa shape index (κ3) is 6.43. The van der Waals surface area contributed by atoms with Gasteiger partial charge in [0, 0.05) is 38.8 Å². The number of amides is 1. The molecule has 0 aromatic heterocycles. The molecule has 3 rings (SSSR count). The summed E-state index contributed by atoms with van der Waals surface area (Å²) in [6, 6.07) is 14.4. The van der Waals surface area contributed by atoms with Crippen LogP contribution in [0.15, 0.2) is 60.7 Å². The van der Waals surface area contributed by atoms with Gasteiger partial charge in [0.2, 0.25) is 5.91 Å². The zero-order chi connectivity index (χ0) is 21.6. The van der Waals surface area contributed by atoms with Gasteiger partial charge in [0.15, 0.2) is 0 Å². The normalized spacial score (nSPS) is 17.2. The molecule has 2 aromatic carbocycles. The lowest BCUT2D eigenvalue weighted by Crippen LogP contribution is -2.47. The summed E-state index contributed by atoms with van der Waals surface area (Å²) in [5.41, 5.74) is 0.592. The van der Waals surface area contributed by atoms with Crippen LogP contribution in [0.5, 0.6) is 0 Å². The minimum absolute atomic E-state index is 0.201. The molecule has 0 saturated carbocycles. The maximum atomic E-state index is 12.9. The highest BCUT2D eigenvalue weighted by atomic mass is 19.4. The van der Waals surface area contributed by atoms with Crippen molar-refractivity contribution in [2.75, 3.05) is 39.8 Å². The molecule has 1 aliphatic rings. The van der Waals surface area contributed by atoms with E-state index < -0.39 is 11.7 Å². The second-order valence-electron chi connectivity index (χ2n) is 7.53. The van der Waals surface area contributed by atoms with E-state index in [4.69, 9.17) is 0 Å². The molecule has 1 N–H and O–H groups in total. The zero-order valence-corrected chi connectivity index (χ0v) is 16.9. The highest BCUT2D eigenvalue weighted by Gasteiger charge is 2.30. The summed E-state index contributed by atoms with van der Waals surface area (Å²) in [7, 11) is 2.09. The van der Waals surface area contributed by atoms with E-state index in [1.807, 2.05) is 30.3 Å². The topological polar surface area (TPSA) is 35.6 Å². The summed E-state index contributed by atoms with van der Waals surface area (Å²) in [5.74, 6) is -0.338. The third-order valence-electron chi connectivity index (χ3n) is 5.20. The highest BCUT2D eigenvalue weighted by Crippen LogP contribution is 2.29. The number of hydrogen-bond donors (Lipinski definition) is 1. The summed E-state index contributed by atoms with van der Waals surface area (Å²) >= 11 is 0. The van der Waals surface area contributed by atoms with Gasteiger partial charge in [0.1, 0.15) is 0 Å². The molecule has 4 nitrogen and oxygen atoms in total. The van der Waals surface area contributed by atoms with Gasteiger partial charge in [0.05, 0.1) is 11.6 Å². The van der Waals surface area contributed by atoms with E-state index in [2.05, 4.69) is 22.2 Å². The number of nitrogens with one attached hydrogen (secondary N) is 1. The molecule has 1 amide bonds. The number of hydrogen-bond acceptors (Lipinski definition) is 3. The zero-order valence-electron chi connectivity index (χ0n) is 16.9. The first-order chi connectivity index (χ1) is 14.3. The Balaban J connectivity index is 1.68. The second kappa shape index (κ2) is 9.91. The Labute approximate surface area is 175 Å². The molecule has 1 unspecified atom stereocenters. The van der Waals surface area contributed by atoms with Gasteiger partial charge >= 0.3 is 6.18 Å². The molecule has 1 atom stereocenters. The molecule has 7 heteroatoms. The second-order valence-corrected chi connectivity index (χ2v) is 7.53. The summed E-state index contributed by atoms with van der Waals surface area (Å²) in [4.78, 5) is 17.1. The van der Waals surface area contributed by atoms with Crippen LogP contribution in [-0.4, -0.2) is 55.5 Å². The van der Waals surface area contributed by atoms with Crippen LogP contribution in [0.25, 0.3) is 6.08 Å². The first kappa shape index (κ1) is 22.1. The SMILES string of the molecule is CN1CCN(CC(NC(=O)/C=C/c2cccc(C(F)(F)F)c2)c2ccccc2)CC1. The fraction of sp³-hybridized carbons (Fsp3) is 0.348. The number of benzene rings is 2. The standard InChI is InChI=1S/C23H26F3N3O/c1-28-12-14-29(15-13-28)17-21(19-7-3-2-4-8-19)27-22(30)11-10-18-6-5-9-20(16-18)23(24,25)26/h2-11,16,21H,12-15,17H2,1H3,(H,27,30)/b11-10+. The first-order valence-corrected chi connectivity index (χ1v) is 9.93. The predicted octanol–water partition coefficient (Wildman–Crippen LogP) is 3.82. The number of nitrogens with zero attached hydrogens (tertiary/aromatic N) is 2. The molecular formula is C23H26F3N3O. The predicted molar refractivity (Wildman–Crippen MR) is 112 cm³/mol. The molecule has 2 aromatic rings. The van der Waals surface area contributed by atoms with Gasteiger partial charge in [-0.05, 0) is 36.4 Å². The lowest BCUT2D eigenvalue weighted by molar-refractivity contribution is -0.137. The lowest BCUT2D eigenvalue weighted by Gasteiger charge is -2.34. The van der Waals surface area contributed by atoms with Gasteiger partial charge in [-0.25, -0.2) is 0 Å². The maximum Gasteiger partial charge on any atom is 0.416 e. The molecule has 1 aliphatic heterocycles. The Kier molecular flexibility index (Phi) is 7.29. The van der Waals surface area contributed by atoms with Gasteiger partial charge in [-0.15, -0.1) is 0 Å². The maximum absolute atomic E-state index is 12.9. The Morgan fingerprint density at radius 2 is 1.77 bits per heavy atom. The van der Waals surface area contributed by atoms with Crippen molar-refractivity contribution < 1.29 is 18.0 Å². The van der Waals surface area contributed by atoms with Crippen LogP contribution in [-0.2, 0) is 11.0 Å². The molecule has 1 heterocycles. The van der Waals surface area contributed by atoms with Crippen molar-refractivity contribution in [2.45, 2.75) is 12.2 Å². The van der Waals surface area contributed by atoms with Gasteiger partial charge < -0.3 is 10.2 Å². The van der Waals surface area contributed by atoms with Gasteiger partial charge in [-0.3, -0.25) is 9.69 Å². The number of alkyl halides is 3. The Morgan fingerprint density at radius 3 is 2.43 bits per heavy atom. The average molecular weight is 417 g/mol. The van der Waals surface area contributed by atoms with E-state index >= 15 is 0 Å². The number of likely N-dealkylation sites (N-methyl/N-ethyl adjacent to an activating group) is 1. The van der Waals surface area contributed by atoms with Crippen LogP contribution in [0, 0.1) is 0 Å². The van der Waals surface area contributed by atoms with Gasteiger partial charge in [0.25, 0.3) is 0 Å². The monoisotopic (exact) mass is 417 g/mol. The fourth-order valence-corrected chi connectivity index (χ4v) is 3.42. The molecule has 1 fully saturated rings. The first-order valence-electron chi connectivity index (χ1n) is 9.93. The van der Waals surface area contributed by atoms with Crippen LogP contribution in [0.3, 0.4) is 0 Å². The summed E-state index contributed by atoms with van der Waals surface area (Å²) in [6.07, 6.45) is -1.72. The number of halogens is 3. The number of carbonyl (C=O) groups excluding carboxylic acids is 1. The number of carbonyl (C=O) groups is 1. The Morgan fingerprint density at radius 1 is 1.07 bits per heavy atom. The Bertz CT molecular complexity index is 859.